The van der Waals surface area contributed by atoms with Crippen LogP contribution in [0.5, 0.6) is 0 Å². The summed E-state index contributed by atoms with van der Waals surface area (Å²) in [5, 5.41) is 9.37. The van der Waals surface area contributed by atoms with Crippen molar-refractivity contribution in [3.63, 3.8) is 0 Å². The maximum Gasteiger partial charge on any atom is 0.335 e. The van der Waals surface area contributed by atoms with Gasteiger partial charge >= 0.3 is 5.97 Å². The van der Waals surface area contributed by atoms with Crippen LogP contribution in [0.25, 0.3) is 0 Å². The summed E-state index contributed by atoms with van der Waals surface area (Å²) < 4.78 is 0. The fraction of sp³-hybridized carbons (Fsp3) is 0.300. The molecule has 70 valence electrons. The Balaban J connectivity index is 3.03. The summed E-state index contributed by atoms with van der Waals surface area (Å²) in [5.74, 6) is -0.908. The minimum absolute atomic E-state index is 0.299. The van der Waals surface area contributed by atoms with Crippen LogP contribution in [-0.2, 0) is 6.42 Å². The Hall–Kier alpha value is -1.02. The molecule has 0 bridgehead atoms. The molecule has 2 nitrogen and oxygen atoms in total. The second kappa shape index (κ2) is 4.28. The van der Waals surface area contributed by atoms with Gasteiger partial charge in [0.15, 0.2) is 0 Å². The third-order valence-electron chi connectivity index (χ3n) is 1.81. The summed E-state index contributed by atoms with van der Waals surface area (Å²) in [6.45, 7) is 2.03. The summed E-state index contributed by atoms with van der Waals surface area (Å²) in [6.07, 6.45) is 1.78. The third kappa shape index (κ3) is 2.46. The SMILES string of the molecule is CCCc1cc(C(=O)O)ccc1Cl. The van der Waals surface area contributed by atoms with Crippen LogP contribution in [0.1, 0.15) is 29.3 Å². The number of hydrogen-bond donors (Lipinski definition) is 1. The van der Waals surface area contributed by atoms with Crippen LogP contribution in [0.3, 0.4) is 0 Å². The van der Waals surface area contributed by atoms with Gasteiger partial charge in [-0.25, -0.2) is 4.79 Å². The number of carboxylic acid groups (broad SMARTS) is 1. The molecule has 0 radical (unpaired) electrons. The Morgan fingerprint density at radius 2 is 2.23 bits per heavy atom. The first-order chi connectivity index (χ1) is 6.15. The Morgan fingerprint density at radius 3 is 2.77 bits per heavy atom. The largest absolute Gasteiger partial charge is 0.478 e. The number of hydrogen-bond acceptors (Lipinski definition) is 1. The van der Waals surface area contributed by atoms with E-state index in [1.807, 2.05) is 6.92 Å². The average molecular weight is 199 g/mol. The summed E-state index contributed by atoms with van der Waals surface area (Å²) >= 11 is 5.89. The van der Waals surface area contributed by atoms with Crippen molar-refractivity contribution >= 4 is 17.6 Å². The Morgan fingerprint density at radius 1 is 1.54 bits per heavy atom. The number of rotatable bonds is 3. The molecule has 0 fully saturated rings. The van der Waals surface area contributed by atoms with Gasteiger partial charge in [0.1, 0.15) is 0 Å². The molecule has 0 saturated heterocycles. The van der Waals surface area contributed by atoms with E-state index in [1.165, 1.54) is 6.07 Å². The number of carbonyl (C=O) groups is 1. The van der Waals surface area contributed by atoms with E-state index in [0.29, 0.717) is 10.6 Å². The van der Waals surface area contributed by atoms with Gasteiger partial charge in [-0.3, -0.25) is 0 Å². The second-order valence-corrected chi connectivity index (χ2v) is 3.27. The Bertz CT molecular complexity index is 321. The highest BCUT2D eigenvalue weighted by Crippen LogP contribution is 2.19. The molecule has 1 N–H and O–H groups in total. The van der Waals surface area contributed by atoms with Crippen molar-refractivity contribution in [2.45, 2.75) is 19.8 Å². The molecular weight excluding hydrogens is 188 g/mol. The van der Waals surface area contributed by atoms with Crippen molar-refractivity contribution in [3.05, 3.63) is 34.3 Å². The normalized spacial score (nSPS) is 10.0. The number of aryl methyl sites for hydroxylation is 1. The van der Waals surface area contributed by atoms with Gasteiger partial charge in [-0.05, 0) is 30.2 Å². The lowest BCUT2D eigenvalue weighted by Crippen LogP contribution is -1.97. The lowest BCUT2D eigenvalue weighted by atomic mass is 10.1. The predicted octanol–water partition coefficient (Wildman–Crippen LogP) is 2.99. The predicted molar refractivity (Wildman–Crippen MR) is 52.4 cm³/mol. The molecule has 3 heteroatoms. The standard InChI is InChI=1S/C10H11ClO2/c1-2-3-7-6-8(10(12)13)4-5-9(7)11/h4-6H,2-3H2,1H3,(H,12,13). The van der Waals surface area contributed by atoms with Crippen LogP contribution in [0, 0.1) is 0 Å². The molecule has 1 aromatic carbocycles. The number of halogens is 1. The molecule has 0 aliphatic heterocycles. The zero-order valence-corrected chi connectivity index (χ0v) is 8.14. The van der Waals surface area contributed by atoms with E-state index in [1.54, 1.807) is 12.1 Å². The first-order valence-electron chi connectivity index (χ1n) is 4.17. The molecule has 0 aliphatic carbocycles. The van der Waals surface area contributed by atoms with E-state index >= 15 is 0 Å². The average Bonchev–Trinajstić information content (AvgIpc) is 2.08. The molecule has 1 aromatic rings. The maximum atomic E-state index is 10.6. The highest BCUT2D eigenvalue weighted by Gasteiger charge is 2.05. The molecule has 1 rings (SSSR count). The van der Waals surface area contributed by atoms with Crippen LogP contribution in [0.15, 0.2) is 18.2 Å². The molecule has 0 atom stereocenters. The van der Waals surface area contributed by atoms with Crippen molar-refractivity contribution in [1.82, 2.24) is 0 Å². The number of carboxylic acids is 1. The van der Waals surface area contributed by atoms with Gasteiger partial charge in [0.25, 0.3) is 0 Å². The fourth-order valence-corrected chi connectivity index (χ4v) is 1.38. The Labute approximate surface area is 82.2 Å². The van der Waals surface area contributed by atoms with Crippen LogP contribution in [0.4, 0.5) is 0 Å². The summed E-state index contributed by atoms with van der Waals surface area (Å²) in [5.41, 5.74) is 1.21. The van der Waals surface area contributed by atoms with E-state index in [2.05, 4.69) is 0 Å². The molecule has 0 saturated carbocycles. The topological polar surface area (TPSA) is 37.3 Å². The maximum absolute atomic E-state index is 10.6. The van der Waals surface area contributed by atoms with Gasteiger partial charge in [0.05, 0.1) is 5.56 Å². The quantitative estimate of drug-likeness (QED) is 0.811. The minimum atomic E-state index is -0.908. The monoisotopic (exact) mass is 198 g/mol. The van der Waals surface area contributed by atoms with Gasteiger partial charge < -0.3 is 5.11 Å². The van der Waals surface area contributed by atoms with Crippen molar-refractivity contribution in [3.8, 4) is 0 Å². The lowest BCUT2D eigenvalue weighted by molar-refractivity contribution is 0.0697. The Kier molecular flexibility index (Phi) is 3.32. The highest BCUT2D eigenvalue weighted by molar-refractivity contribution is 6.31. The smallest absolute Gasteiger partial charge is 0.335 e. The third-order valence-corrected chi connectivity index (χ3v) is 2.18. The van der Waals surface area contributed by atoms with Crippen LogP contribution < -0.4 is 0 Å². The lowest BCUT2D eigenvalue weighted by Gasteiger charge is -2.03. The van der Waals surface area contributed by atoms with Crippen molar-refractivity contribution in [2.75, 3.05) is 0 Å². The number of benzene rings is 1. The summed E-state index contributed by atoms with van der Waals surface area (Å²) in [4.78, 5) is 10.6. The van der Waals surface area contributed by atoms with Gasteiger partial charge in [-0.2, -0.15) is 0 Å². The van der Waals surface area contributed by atoms with E-state index in [0.717, 1.165) is 18.4 Å². The van der Waals surface area contributed by atoms with Gasteiger partial charge in [0.2, 0.25) is 0 Å². The van der Waals surface area contributed by atoms with Gasteiger partial charge in [0, 0.05) is 5.02 Å². The van der Waals surface area contributed by atoms with E-state index in [-0.39, 0.29) is 0 Å². The molecule has 0 spiro atoms. The van der Waals surface area contributed by atoms with E-state index < -0.39 is 5.97 Å². The molecule has 13 heavy (non-hydrogen) atoms. The molecule has 0 heterocycles. The van der Waals surface area contributed by atoms with Crippen molar-refractivity contribution in [2.24, 2.45) is 0 Å². The molecular formula is C10H11ClO2. The molecule has 0 unspecified atom stereocenters. The first kappa shape index (κ1) is 10.1. The van der Waals surface area contributed by atoms with E-state index in [4.69, 9.17) is 16.7 Å². The highest BCUT2D eigenvalue weighted by atomic mass is 35.5. The first-order valence-corrected chi connectivity index (χ1v) is 4.54. The van der Waals surface area contributed by atoms with Crippen LogP contribution in [0.2, 0.25) is 5.02 Å². The van der Waals surface area contributed by atoms with Crippen molar-refractivity contribution in [1.29, 1.82) is 0 Å². The summed E-state index contributed by atoms with van der Waals surface area (Å²) in [6, 6.07) is 4.79. The fourth-order valence-electron chi connectivity index (χ4n) is 1.17. The molecule has 0 amide bonds. The second-order valence-electron chi connectivity index (χ2n) is 2.86. The zero-order valence-electron chi connectivity index (χ0n) is 7.38. The van der Waals surface area contributed by atoms with Crippen LogP contribution in [-0.4, -0.2) is 11.1 Å². The van der Waals surface area contributed by atoms with Crippen LogP contribution >= 0.6 is 11.6 Å². The van der Waals surface area contributed by atoms with Crippen molar-refractivity contribution < 1.29 is 9.90 Å². The van der Waals surface area contributed by atoms with E-state index in [9.17, 15) is 4.79 Å². The van der Waals surface area contributed by atoms with Gasteiger partial charge in [-0.1, -0.05) is 24.9 Å². The van der Waals surface area contributed by atoms with Gasteiger partial charge in [-0.15, -0.1) is 0 Å². The molecule has 0 aliphatic rings. The summed E-state index contributed by atoms with van der Waals surface area (Å²) in [7, 11) is 0. The minimum Gasteiger partial charge on any atom is -0.478 e. The zero-order chi connectivity index (χ0) is 9.84. The molecule has 0 aromatic heterocycles. The number of aromatic carboxylic acids is 1.